The molecule has 6 nitrogen and oxygen atoms in total. The van der Waals surface area contributed by atoms with E-state index in [2.05, 4.69) is 15.4 Å². The van der Waals surface area contributed by atoms with Gasteiger partial charge in [0.15, 0.2) is 5.76 Å². The maximum atomic E-state index is 12.3. The van der Waals surface area contributed by atoms with Gasteiger partial charge >= 0.3 is 12.1 Å². The van der Waals surface area contributed by atoms with Crippen molar-refractivity contribution in [3.05, 3.63) is 11.8 Å². The molecule has 1 aliphatic rings. The van der Waals surface area contributed by atoms with Crippen molar-refractivity contribution in [2.45, 2.75) is 25.1 Å². The highest BCUT2D eigenvalue weighted by atomic mass is 19.4. The van der Waals surface area contributed by atoms with Gasteiger partial charge in [-0.2, -0.15) is 13.2 Å². The Labute approximate surface area is 126 Å². The summed E-state index contributed by atoms with van der Waals surface area (Å²) < 4.78 is 41.0. The lowest BCUT2D eigenvalue weighted by molar-refractivity contribution is -0.195. The number of rotatable bonds is 5. The standard InChI is InChI=1S/C13H20F3N3O3/c1-19(2)7-5-10(22-12(21)13(14,15)16)11(20)18-9-4-3-6-17-8-9/h5,9,17H,3-4,6-8H2,1-2H3,(H,18,20)/b10-5+/t9-/m0/s1. The van der Waals surface area contributed by atoms with E-state index >= 15 is 0 Å². The molecule has 0 bridgehead atoms. The highest BCUT2D eigenvalue weighted by Crippen LogP contribution is 2.18. The highest BCUT2D eigenvalue weighted by molar-refractivity contribution is 5.94. The van der Waals surface area contributed by atoms with E-state index in [0.29, 0.717) is 13.0 Å². The zero-order valence-electron chi connectivity index (χ0n) is 12.5. The Kier molecular flexibility index (Phi) is 6.82. The highest BCUT2D eigenvalue weighted by Gasteiger charge is 2.42. The second kappa shape index (κ2) is 8.14. The number of nitrogens with zero attached hydrogens (tertiary/aromatic N) is 1. The molecule has 0 aromatic heterocycles. The second-order valence-corrected chi connectivity index (χ2v) is 5.23. The summed E-state index contributed by atoms with van der Waals surface area (Å²) in [7, 11) is 3.34. The maximum Gasteiger partial charge on any atom is 0.491 e. The molecule has 1 saturated heterocycles. The fourth-order valence-corrected chi connectivity index (χ4v) is 1.84. The smallest absolute Gasteiger partial charge is 0.414 e. The number of ether oxygens (including phenoxy) is 1. The van der Waals surface area contributed by atoms with Crippen molar-refractivity contribution < 1.29 is 27.5 Å². The van der Waals surface area contributed by atoms with E-state index in [0.717, 1.165) is 19.0 Å². The van der Waals surface area contributed by atoms with Crippen LogP contribution in [0.1, 0.15) is 12.8 Å². The van der Waals surface area contributed by atoms with Gasteiger partial charge in [-0.3, -0.25) is 4.79 Å². The topological polar surface area (TPSA) is 70.7 Å². The van der Waals surface area contributed by atoms with Crippen molar-refractivity contribution >= 4 is 11.9 Å². The number of esters is 1. The van der Waals surface area contributed by atoms with E-state index in [1.54, 1.807) is 19.0 Å². The Bertz CT molecular complexity index is 430. The number of hydrogen-bond donors (Lipinski definition) is 2. The summed E-state index contributed by atoms with van der Waals surface area (Å²) in [5.74, 6) is -3.87. The van der Waals surface area contributed by atoms with Gasteiger partial charge in [0, 0.05) is 19.1 Å². The number of carbonyl (C=O) groups is 2. The average molecular weight is 323 g/mol. The molecule has 0 aromatic rings. The second-order valence-electron chi connectivity index (χ2n) is 5.23. The van der Waals surface area contributed by atoms with Crippen molar-refractivity contribution in [2.75, 3.05) is 33.7 Å². The van der Waals surface area contributed by atoms with Gasteiger partial charge in [0.1, 0.15) is 0 Å². The van der Waals surface area contributed by atoms with Crippen LogP contribution in [-0.2, 0) is 14.3 Å². The summed E-state index contributed by atoms with van der Waals surface area (Å²) in [6.07, 6.45) is -2.43. The van der Waals surface area contributed by atoms with Gasteiger partial charge in [0.05, 0.1) is 0 Å². The minimum absolute atomic E-state index is 0.163. The van der Waals surface area contributed by atoms with Gasteiger partial charge in [-0.1, -0.05) is 0 Å². The van der Waals surface area contributed by atoms with Crippen LogP contribution in [0, 0.1) is 0 Å². The van der Waals surface area contributed by atoms with E-state index in [9.17, 15) is 22.8 Å². The first-order chi connectivity index (χ1) is 10.2. The van der Waals surface area contributed by atoms with Crippen LogP contribution in [0.4, 0.5) is 13.2 Å². The van der Waals surface area contributed by atoms with Crippen LogP contribution >= 0.6 is 0 Å². The lowest BCUT2D eigenvalue weighted by atomic mass is 10.1. The number of carbonyl (C=O) groups excluding carboxylic acids is 2. The first kappa shape index (κ1) is 18.4. The Balaban J connectivity index is 2.73. The molecule has 22 heavy (non-hydrogen) atoms. The van der Waals surface area contributed by atoms with Gasteiger partial charge in [-0.25, -0.2) is 4.79 Å². The monoisotopic (exact) mass is 323 g/mol. The summed E-state index contributed by atoms with van der Waals surface area (Å²) in [4.78, 5) is 24.6. The van der Waals surface area contributed by atoms with E-state index in [-0.39, 0.29) is 12.6 Å². The Morgan fingerprint density at radius 3 is 2.59 bits per heavy atom. The molecule has 1 amide bonds. The largest absolute Gasteiger partial charge is 0.491 e. The van der Waals surface area contributed by atoms with Crippen molar-refractivity contribution in [1.82, 2.24) is 15.5 Å². The summed E-state index contributed by atoms with van der Waals surface area (Å²) in [6, 6.07) is -0.200. The zero-order valence-corrected chi connectivity index (χ0v) is 12.5. The number of amides is 1. The molecule has 126 valence electrons. The lowest BCUT2D eigenvalue weighted by Crippen LogP contribution is -2.46. The van der Waals surface area contributed by atoms with Crippen molar-refractivity contribution in [1.29, 1.82) is 0 Å². The number of hydrogen-bond acceptors (Lipinski definition) is 5. The molecule has 1 atom stereocenters. The zero-order chi connectivity index (χ0) is 16.8. The van der Waals surface area contributed by atoms with E-state index in [1.165, 1.54) is 0 Å². The van der Waals surface area contributed by atoms with Crippen LogP contribution in [0.15, 0.2) is 11.8 Å². The molecule has 0 saturated carbocycles. The van der Waals surface area contributed by atoms with Crippen LogP contribution < -0.4 is 10.6 Å². The molecule has 0 aromatic carbocycles. The van der Waals surface area contributed by atoms with E-state index in [1.807, 2.05) is 0 Å². The number of nitrogens with one attached hydrogen (secondary N) is 2. The van der Waals surface area contributed by atoms with Crippen molar-refractivity contribution in [3.8, 4) is 0 Å². The van der Waals surface area contributed by atoms with Crippen molar-refractivity contribution in [3.63, 3.8) is 0 Å². The molecule has 9 heteroatoms. The third kappa shape index (κ3) is 6.44. The molecule has 0 spiro atoms. The molecule has 1 heterocycles. The fraction of sp³-hybridized carbons (Fsp3) is 0.692. The normalized spacial score (nSPS) is 19.9. The third-order valence-corrected chi connectivity index (χ3v) is 2.93. The quantitative estimate of drug-likeness (QED) is 0.436. The molecule has 1 aliphatic heterocycles. The molecule has 2 N–H and O–H groups in total. The molecular weight excluding hydrogens is 303 g/mol. The summed E-state index contributed by atoms with van der Waals surface area (Å²) in [5, 5.41) is 5.63. The molecule has 0 unspecified atom stereocenters. The van der Waals surface area contributed by atoms with Crippen LogP contribution in [0.3, 0.4) is 0 Å². The van der Waals surface area contributed by atoms with Crippen LogP contribution in [0.5, 0.6) is 0 Å². The summed E-state index contributed by atoms with van der Waals surface area (Å²) in [5.41, 5.74) is 0. The van der Waals surface area contributed by atoms with Crippen molar-refractivity contribution in [2.24, 2.45) is 0 Å². The van der Waals surface area contributed by atoms with Crippen LogP contribution in [0.25, 0.3) is 0 Å². The SMILES string of the molecule is CN(C)C/C=C(/OC(=O)C(F)(F)F)C(=O)N[C@H]1CCCNC1. The number of likely N-dealkylation sites (N-methyl/N-ethyl adjacent to an activating group) is 1. The van der Waals surface area contributed by atoms with Gasteiger partial charge in [0.25, 0.3) is 5.91 Å². The Morgan fingerprint density at radius 1 is 1.41 bits per heavy atom. The maximum absolute atomic E-state index is 12.3. The van der Waals surface area contributed by atoms with Gasteiger partial charge in [0.2, 0.25) is 0 Å². The van der Waals surface area contributed by atoms with Crippen LogP contribution in [-0.4, -0.2) is 62.7 Å². The van der Waals surface area contributed by atoms with E-state index < -0.39 is 23.8 Å². The number of alkyl halides is 3. The predicted octanol–water partition coefficient (Wildman–Crippen LogP) is 0.406. The van der Waals surface area contributed by atoms with Gasteiger partial charge in [-0.05, 0) is 39.6 Å². The predicted molar refractivity (Wildman–Crippen MR) is 72.8 cm³/mol. The Hall–Kier alpha value is -1.61. The molecule has 0 radical (unpaired) electrons. The molecule has 1 fully saturated rings. The Morgan fingerprint density at radius 2 is 2.09 bits per heavy atom. The first-order valence-electron chi connectivity index (χ1n) is 6.85. The molecular formula is C13H20F3N3O3. The number of piperidine rings is 1. The van der Waals surface area contributed by atoms with Crippen LogP contribution in [0.2, 0.25) is 0 Å². The van der Waals surface area contributed by atoms with E-state index in [4.69, 9.17) is 0 Å². The van der Waals surface area contributed by atoms with Gasteiger partial charge in [-0.15, -0.1) is 0 Å². The lowest BCUT2D eigenvalue weighted by Gasteiger charge is -2.24. The third-order valence-electron chi connectivity index (χ3n) is 2.93. The summed E-state index contributed by atoms with van der Waals surface area (Å²) >= 11 is 0. The average Bonchev–Trinajstić information content (AvgIpc) is 2.42. The van der Waals surface area contributed by atoms with Gasteiger partial charge < -0.3 is 20.3 Å². The molecule has 0 aliphatic carbocycles. The first-order valence-corrected chi connectivity index (χ1v) is 6.85. The molecule has 1 rings (SSSR count). The summed E-state index contributed by atoms with van der Waals surface area (Å²) in [6.45, 7) is 1.52. The number of halogens is 3. The fourth-order valence-electron chi connectivity index (χ4n) is 1.84. The minimum Gasteiger partial charge on any atom is -0.414 e. The minimum atomic E-state index is -5.15.